The van der Waals surface area contributed by atoms with Crippen molar-refractivity contribution < 1.29 is 18.0 Å². The van der Waals surface area contributed by atoms with Gasteiger partial charge >= 0.3 is 12.1 Å². The van der Waals surface area contributed by atoms with Crippen molar-refractivity contribution in [2.75, 3.05) is 13.1 Å². The summed E-state index contributed by atoms with van der Waals surface area (Å²) in [6, 6.07) is 0.315. The van der Waals surface area contributed by atoms with E-state index < -0.39 is 12.1 Å². The predicted octanol–water partition coefficient (Wildman–Crippen LogP) is 3.10. The Balaban J connectivity index is 1.52. The summed E-state index contributed by atoms with van der Waals surface area (Å²) in [5, 5.41) is 2.14. The summed E-state index contributed by atoms with van der Waals surface area (Å²) in [5.41, 5.74) is 0. The molecule has 2 bridgehead atoms. The second kappa shape index (κ2) is 6.38. The van der Waals surface area contributed by atoms with Crippen LogP contribution in [0.25, 0.3) is 0 Å². The first kappa shape index (κ1) is 16.1. The molecule has 1 amide bonds. The topological polar surface area (TPSA) is 32.3 Å². The zero-order chi connectivity index (χ0) is 15.7. The number of rotatable bonds is 2. The molecule has 0 aromatic rings. The second-order valence-electron chi connectivity index (χ2n) is 7.15. The van der Waals surface area contributed by atoms with Crippen molar-refractivity contribution in [2.45, 2.75) is 69.6 Å². The molecule has 3 rings (SSSR count). The van der Waals surface area contributed by atoms with Gasteiger partial charge in [-0.15, -0.1) is 0 Å². The van der Waals surface area contributed by atoms with Crippen LogP contribution in [-0.2, 0) is 4.79 Å². The molecule has 0 radical (unpaired) electrons. The highest BCUT2D eigenvalue weighted by Crippen LogP contribution is 2.43. The number of nitrogens with zero attached hydrogens (tertiary/aromatic N) is 1. The number of nitrogens with one attached hydrogen (secondary N) is 1. The zero-order valence-electron chi connectivity index (χ0n) is 12.9. The normalized spacial score (nSPS) is 34.4. The van der Waals surface area contributed by atoms with E-state index in [-0.39, 0.29) is 6.04 Å². The molecule has 0 spiro atoms. The number of alkyl halides is 3. The molecule has 1 heterocycles. The van der Waals surface area contributed by atoms with Crippen molar-refractivity contribution >= 4 is 5.91 Å². The molecule has 126 valence electrons. The van der Waals surface area contributed by atoms with Crippen LogP contribution in [-0.4, -0.2) is 42.2 Å². The molecular weight excluding hydrogens is 293 g/mol. The Kier molecular flexibility index (Phi) is 4.67. The summed E-state index contributed by atoms with van der Waals surface area (Å²) in [5.74, 6) is -0.219. The summed E-state index contributed by atoms with van der Waals surface area (Å²) < 4.78 is 36.9. The van der Waals surface area contributed by atoms with E-state index in [1.54, 1.807) is 0 Å². The van der Waals surface area contributed by atoms with Gasteiger partial charge in [-0.3, -0.25) is 9.69 Å². The number of hydrogen-bond donors (Lipinski definition) is 1. The van der Waals surface area contributed by atoms with Gasteiger partial charge < -0.3 is 5.32 Å². The molecule has 3 nitrogen and oxygen atoms in total. The van der Waals surface area contributed by atoms with Crippen molar-refractivity contribution in [3.63, 3.8) is 0 Å². The molecule has 22 heavy (non-hydrogen) atoms. The van der Waals surface area contributed by atoms with Crippen LogP contribution in [0.4, 0.5) is 13.2 Å². The van der Waals surface area contributed by atoms with Crippen LogP contribution in [0.2, 0.25) is 0 Å². The average Bonchev–Trinajstić information content (AvgIpc) is 2.46. The first-order chi connectivity index (χ1) is 10.4. The minimum atomic E-state index is -4.77. The lowest BCUT2D eigenvalue weighted by molar-refractivity contribution is -0.174. The molecule has 6 heteroatoms. The number of halogens is 3. The van der Waals surface area contributed by atoms with Gasteiger partial charge in [0.05, 0.1) is 0 Å². The maximum atomic E-state index is 12.3. The van der Waals surface area contributed by atoms with E-state index in [9.17, 15) is 18.0 Å². The molecule has 2 aliphatic carbocycles. The highest BCUT2D eigenvalue weighted by Gasteiger charge is 2.42. The van der Waals surface area contributed by atoms with Gasteiger partial charge in [-0.2, -0.15) is 13.2 Å². The lowest BCUT2D eigenvalue weighted by atomic mass is 9.67. The summed E-state index contributed by atoms with van der Waals surface area (Å²) in [7, 11) is 0. The van der Waals surface area contributed by atoms with Gasteiger partial charge in [0.2, 0.25) is 0 Å². The number of hydrogen-bond acceptors (Lipinski definition) is 2. The van der Waals surface area contributed by atoms with Gasteiger partial charge in [0, 0.05) is 25.2 Å². The van der Waals surface area contributed by atoms with Crippen molar-refractivity contribution in [2.24, 2.45) is 11.8 Å². The Labute approximate surface area is 129 Å². The molecule has 0 aromatic heterocycles. The van der Waals surface area contributed by atoms with Gasteiger partial charge in [-0.25, -0.2) is 0 Å². The van der Waals surface area contributed by atoms with Crippen molar-refractivity contribution in [1.82, 2.24) is 10.2 Å². The fourth-order valence-electron chi connectivity index (χ4n) is 4.85. The summed E-state index contributed by atoms with van der Waals surface area (Å²) >= 11 is 0. The van der Waals surface area contributed by atoms with E-state index in [4.69, 9.17) is 0 Å². The largest absolute Gasteiger partial charge is 0.471 e. The van der Waals surface area contributed by atoms with Crippen LogP contribution in [0, 0.1) is 11.8 Å². The van der Waals surface area contributed by atoms with Crippen LogP contribution >= 0.6 is 0 Å². The number of carbonyl (C=O) groups is 1. The fraction of sp³-hybridized carbons (Fsp3) is 0.938. The van der Waals surface area contributed by atoms with E-state index in [1.165, 1.54) is 38.5 Å². The highest BCUT2D eigenvalue weighted by molar-refractivity contribution is 5.81. The van der Waals surface area contributed by atoms with Crippen LogP contribution in [0.15, 0.2) is 0 Å². The Morgan fingerprint density at radius 1 is 0.909 bits per heavy atom. The molecule has 1 saturated heterocycles. The minimum Gasteiger partial charge on any atom is -0.345 e. The van der Waals surface area contributed by atoms with Gasteiger partial charge in [0.15, 0.2) is 0 Å². The number of fused-ring (bicyclic) bond motifs is 2. The Bertz CT molecular complexity index is 383. The third-order valence-corrected chi connectivity index (χ3v) is 5.81. The van der Waals surface area contributed by atoms with Crippen LogP contribution in [0.1, 0.15) is 51.4 Å². The SMILES string of the molecule is O=C(NC1CCN(C2C3CCCC2CCC3)CC1)C(F)(F)F. The summed E-state index contributed by atoms with van der Waals surface area (Å²) in [6.07, 6.45) is 4.43. The molecule has 1 N–H and O–H groups in total. The van der Waals surface area contributed by atoms with Crippen LogP contribution in [0.3, 0.4) is 0 Å². The summed E-state index contributed by atoms with van der Waals surface area (Å²) in [6.45, 7) is 1.64. The quantitative estimate of drug-likeness (QED) is 0.848. The lowest BCUT2D eigenvalue weighted by Crippen LogP contribution is -2.55. The third-order valence-electron chi connectivity index (χ3n) is 5.81. The monoisotopic (exact) mass is 318 g/mol. The van der Waals surface area contributed by atoms with Crippen molar-refractivity contribution in [1.29, 1.82) is 0 Å². The van der Waals surface area contributed by atoms with E-state index in [1.807, 2.05) is 0 Å². The summed E-state index contributed by atoms with van der Waals surface area (Å²) in [4.78, 5) is 13.5. The van der Waals surface area contributed by atoms with Crippen molar-refractivity contribution in [3.05, 3.63) is 0 Å². The van der Waals surface area contributed by atoms with Gasteiger partial charge in [0.1, 0.15) is 0 Å². The molecule has 3 fully saturated rings. The third kappa shape index (κ3) is 3.42. The average molecular weight is 318 g/mol. The molecule has 1 aliphatic heterocycles. The van der Waals surface area contributed by atoms with Crippen molar-refractivity contribution in [3.8, 4) is 0 Å². The second-order valence-corrected chi connectivity index (χ2v) is 7.15. The molecule has 0 aromatic carbocycles. The number of carbonyl (C=O) groups excluding carboxylic acids is 1. The number of amides is 1. The zero-order valence-corrected chi connectivity index (χ0v) is 12.9. The van der Waals surface area contributed by atoms with E-state index >= 15 is 0 Å². The standard InChI is InChI=1S/C16H25F3N2O/c17-16(18,19)15(22)20-13-7-9-21(10-8-13)14-11-3-1-4-12(14)6-2-5-11/h11-14H,1-10H2,(H,20,22). The van der Waals surface area contributed by atoms with Crippen LogP contribution < -0.4 is 5.32 Å². The molecule has 3 aliphatic rings. The molecule has 0 atom stereocenters. The molecule has 2 saturated carbocycles. The Hall–Kier alpha value is -0.780. The van der Waals surface area contributed by atoms with E-state index in [0.717, 1.165) is 24.9 Å². The van der Waals surface area contributed by atoms with Gasteiger partial charge in [-0.1, -0.05) is 12.8 Å². The fourth-order valence-corrected chi connectivity index (χ4v) is 4.85. The minimum absolute atomic E-state index is 0.325. The maximum Gasteiger partial charge on any atom is 0.471 e. The van der Waals surface area contributed by atoms with E-state index in [0.29, 0.717) is 18.9 Å². The first-order valence-electron chi connectivity index (χ1n) is 8.57. The molecule has 0 unspecified atom stereocenters. The number of likely N-dealkylation sites (tertiary alicyclic amines) is 1. The van der Waals surface area contributed by atoms with Crippen LogP contribution in [0.5, 0.6) is 0 Å². The van der Waals surface area contributed by atoms with Gasteiger partial charge in [-0.05, 0) is 50.4 Å². The predicted molar refractivity (Wildman–Crippen MR) is 77.3 cm³/mol. The highest BCUT2D eigenvalue weighted by atomic mass is 19.4. The molecular formula is C16H25F3N2O. The Morgan fingerprint density at radius 3 is 1.86 bits per heavy atom. The van der Waals surface area contributed by atoms with E-state index in [2.05, 4.69) is 10.2 Å². The first-order valence-corrected chi connectivity index (χ1v) is 8.57. The van der Waals surface area contributed by atoms with Gasteiger partial charge in [0.25, 0.3) is 0 Å². The lowest BCUT2D eigenvalue weighted by Gasteiger charge is -2.50. The maximum absolute atomic E-state index is 12.3. The Morgan fingerprint density at radius 2 is 1.41 bits per heavy atom. The number of piperidine rings is 1. The smallest absolute Gasteiger partial charge is 0.345 e.